The molecule has 38 heavy (non-hydrogen) atoms. The highest BCUT2D eigenvalue weighted by Gasteiger charge is 2.15. The van der Waals surface area contributed by atoms with E-state index in [9.17, 15) is 9.59 Å². The van der Waals surface area contributed by atoms with Crippen molar-refractivity contribution in [2.45, 2.75) is 47.0 Å². The summed E-state index contributed by atoms with van der Waals surface area (Å²) < 4.78 is 0. The number of guanidine groups is 1. The maximum absolute atomic E-state index is 12.4. The number of hydrogen-bond donors (Lipinski definition) is 4. The van der Waals surface area contributed by atoms with Gasteiger partial charge in [-0.25, -0.2) is 4.99 Å². The number of benzene rings is 3. The first-order chi connectivity index (χ1) is 18.1. The van der Waals surface area contributed by atoms with Crippen LogP contribution in [0.5, 0.6) is 0 Å². The van der Waals surface area contributed by atoms with Crippen molar-refractivity contribution in [3.63, 3.8) is 0 Å². The topological polar surface area (TPSA) is 131 Å². The highest BCUT2D eigenvalue weighted by Crippen LogP contribution is 2.18. The van der Waals surface area contributed by atoms with Crippen LogP contribution in [-0.2, 0) is 11.2 Å². The van der Waals surface area contributed by atoms with E-state index in [-0.39, 0.29) is 11.9 Å². The van der Waals surface area contributed by atoms with E-state index in [0.29, 0.717) is 29.8 Å². The second kappa shape index (κ2) is 15.0. The van der Waals surface area contributed by atoms with Gasteiger partial charge in [0.1, 0.15) is 0 Å². The number of hydrogen-bond acceptors (Lipinski definition) is 3. The van der Waals surface area contributed by atoms with Gasteiger partial charge in [-0.1, -0.05) is 73.5 Å². The lowest BCUT2D eigenvalue weighted by Crippen LogP contribution is -2.21. The van der Waals surface area contributed by atoms with E-state index in [2.05, 4.69) is 61.4 Å². The van der Waals surface area contributed by atoms with Gasteiger partial charge < -0.3 is 21.9 Å². The molecule has 0 fully saturated rings. The van der Waals surface area contributed by atoms with Gasteiger partial charge in [-0.2, -0.15) is 0 Å². The number of anilines is 1. The SMILES string of the molecule is CC/C(C)=C\c1ccc(C)cc1.CCC(Cc1ccc(NC(=O)c2cccc(N=C(N)N)c2)cc1)C(=O)O. The average molecular weight is 515 g/mol. The first kappa shape index (κ1) is 29.8. The molecule has 0 saturated heterocycles. The highest BCUT2D eigenvalue weighted by atomic mass is 16.4. The minimum Gasteiger partial charge on any atom is -0.481 e. The lowest BCUT2D eigenvalue weighted by Gasteiger charge is -2.11. The smallest absolute Gasteiger partial charge is 0.306 e. The fourth-order valence-corrected chi connectivity index (χ4v) is 3.53. The third-order valence-corrected chi connectivity index (χ3v) is 5.95. The van der Waals surface area contributed by atoms with Gasteiger partial charge in [0, 0.05) is 11.3 Å². The Morgan fingerprint density at radius 2 is 1.66 bits per heavy atom. The Morgan fingerprint density at radius 1 is 1.00 bits per heavy atom. The molecule has 0 spiro atoms. The third-order valence-electron chi connectivity index (χ3n) is 5.95. The Hall–Kier alpha value is -4.39. The summed E-state index contributed by atoms with van der Waals surface area (Å²) >= 11 is 0. The van der Waals surface area contributed by atoms with Crippen LogP contribution < -0.4 is 16.8 Å². The molecule has 0 bridgehead atoms. The Balaban J connectivity index is 0.000000352. The number of nitrogens with one attached hydrogen (secondary N) is 1. The molecule has 0 saturated carbocycles. The molecule has 7 heteroatoms. The van der Waals surface area contributed by atoms with Gasteiger partial charge in [0.25, 0.3) is 5.91 Å². The molecule has 1 amide bonds. The number of carbonyl (C=O) groups is 2. The predicted octanol–water partition coefficient (Wildman–Crippen LogP) is 6.31. The van der Waals surface area contributed by atoms with E-state index in [1.807, 2.05) is 19.1 Å². The van der Waals surface area contributed by atoms with Crippen LogP contribution in [0.4, 0.5) is 11.4 Å². The van der Waals surface area contributed by atoms with Crippen LogP contribution in [0.25, 0.3) is 6.08 Å². The highest BCUT2D eigenvalue weighted by molar-refractivity contribution is 6.04. The molecular formula is C31H38N4O3. The normalized spacial score (nSPS) is 11.5. The minimum atomic E-state index is -0.800. The number of aliphatic imine (C=N–C) groups is 1. The van der Waals surface area contributed by atoms with Gasteiger partial charge in [0.15, 0.2) is 5.96 Å². The van der Waals surface area contributed by atoms with E-state index in [4.69, 9.17) is 16.6 Å². The number of carboxylic acids is 1. The van der Waals surface area contributed by atoms with Crippen LogP contribution in [0.1, 0.15) is 60.7 Å². The minimum absolute atomic E-state index is 0.0788. The van der Waals surface area contributed by atoms with Crippen molar-refractivity contribution < 1.29 is 14.7 Å². The number of allylic oxidation sites excluding steroid dienone is 1. The van der Waals surface area contributed by atoms with Crippen LogP contribution in [-0.4, -0.2) is 22.9 Å². The van der Waals surface area contributed by atoms with E-state index >= 15 is 0 Å². The van der Waals surface area contributed by atoms with Crippen molar-refractivity contribution in [3.05, 3.63) is 101 Å². The summed E-state index contributed by atoms with van der Waals surface area (Å²) in [5.74, 6) is -1.58. The molecule has 0 aliphatic rings. The van der Waals surface area contributed by atoms with Crippen LogP contribution in [0.2, 0.25) is 0 Å². The van der Waals surface area contributed by atoms with Crippen molar-refractivity contribution in [3.8, 4) is 0 Å². The molecule has 7 nitrogen and oxygen atoms in total. The summed E-state index contributed by atoms with van der Waals surface area (Å²) in [6, 6.07) is 22.4. The number of nitrogens with two attached hydrogens (primary N) is 2. The Labute approximate surface area is 225 Å². The van der Waals surface area contributed by atoms with E-state index < -0.39 is 11.9 Å². The van der Waals surface area contributed by atoms with Crippen LogP contribution in [0.15, 0.2) is 83.4 Å². The second-order valence-electron chi connectivity index (χ2n) is 9.14. The molecule has 1 unspecified atom stereocenters. The molecule has 3 rings (SSSR count). The molecule has 200 valence electrons. The van der Waals surface area contributed by atoms with E-state index in [0.717, 1.165) is 12.0 Å². The predicted molar refractivity (Wildman–Crippen MR) is 157 cm³/mol. The lowest BCUT2D eigenvalue weighted by atomic mass is 9.97. The molecule has 0 heterocycles. The Morgan fingerprint density at radius 3 is 2.21 bits per heavy atom. The summed E-state index contributed by atoms with van der Waals surface area (Å²) in [5.41, 5.74) is 17.2. The van der Waals surface area contributed by atoms with Gasteiger partial charge in [-0.3, -0.25) is 9.59 Å². The maximum Gasteiger partial charge on any atom is 0.306 e. The molecule has 0 aliphatic carbocycles. The number of carbonyl (C=O) groups excluding carboxylic acids is 1. The van der Waals surface area contributed by atoms with Gasteiger partial charge >= 0.3 is 5.97 Å². The summed E-state index contributed by atoms with van der Waals surface area (Å²) in [5, 5.41) is 11.9. The summed E-state index contributed by atoms with van der Waals surface area (Å²) in [4.78, 5) is 27.4. The van der Waals surface area contributed by atoms with Crippen LogP contribution in [0.3, 0.4) is 0 Å². The zero-order chi connectivity index (χ0) is 28.1. The van der Waals surface area contributed by atoms with Crippen molar-refractivity contribution in [1.29, 1.82) is 0 Å². The first-order valence-electron chi connectivity index (χ1n) is 12.7. The van der Waals surface area contributed by atoms with Crippen LogP contribution in [0, 0.1) is 12.8 Å². The quantitative estimate of drug-likeness (QED) is 0.196. The largest absolute Gasteiger partial charge is 0.481 e. The Kier molecular flexibility index (Phi) is 11.8. The van der Waals surface area contributed by atoms with E-state index in [1.54, 1.807) is 36.4 Å². The number of aryl methyl sites for hydroxylation is 1. The third kappa shape index (κ3) is 10.3. The van der Waals surface area contributed by atoms with Gasteiger partial charge in [0.2, 0.25) is 0 Å². The molecule has 0 aliphatic heterocycles. The molecule has 0 aromatic heterocycles. The van der Waals surface area contributed by atoms with Gasteiger partial charge in [0.05, 0.1) is 11.6 Å². The fraction of sp³-hybridized carbons (Fsp3) is 0.258. The number of carboxylic acid groups (broad SMARTS) is 1. The van der Waals surface area contributed by atoms with Gasteiger partial charge in [-0.05, 0) is 74.6 Å². The number of rotatable bonds is 9. The molecule has 3 aromatic carbocycles. The monoisotopic (exact) mass is 514 g/mol. The lowest BCUT2D eigenvalue weighted by molar-refractivity contribution is -0.141. The summed E-state index contributed by atoms with van der Waals surface area (Å²) in [6.07, 6.45) is 4.40. The average Bonchev–Trinajstić information content (AvgIpc) is 2.89. The van der Waals surface area contributed by atoms with Crippen LogP contribution >= 0.6 is 0 Å². The fourth-order valence-electron chi connectivity index (χ4n) is 3.53. The van der Waals surface area contributed by atoms with Crippen molar-refractivity contribution in [2.75, 3.05) is 5.32 Å². The van der Waals surface area contributed by atoms with Crippen molar-refractivity contribution in [1.82, 2.24) is 0 Å². The van der Waals surface area contributed by atoms with Gasteiger partial charge in [-0.15, -0.1) is 0 Å². The molecule has 1 atom stereocenters. The van der Waals surface area contributed by atoms with Crippen molar-refractivity contribution in [2.24, 2.45) is 22.4 Å². The number of aliphatic carboxylic acids is 1. The standard InChI is InChI=1S/C19H22N4O3.C12H16/c1-2-13(18(25)26)10-12-6-8-15(9-7-12)22-17(24)14-4-3-5-16(11-14)23-19(20)21;1-4-10(2)9-12-7-5-11(3)6-8-12/h3-9,11,13H,2,10H2,1H3,(H,22,24)(H,25,26)(H4,20,21,23);5-9H,4H2,1-3H3/b;10-9-. The molecular weight excluding hydrogens is 476 g/mol. The zero-order valence-electron chi connectivity index (χ0n) is 22.6. The summed E-state index contributed by atoms with van der Waals surface area (Å²) in [6.45, 7) is 8.31. The van der Waals surface area contributed by atoms with E-state index in [1.165, 1.54) is 16.7 Å². The number of nitrogens with zero attached hydrogens (tertiary/aromatic N) is 1. The molecule has 3 aromatic rings. The number of amides is 1. The van der Waals surface area contributed by atoms with Crippen molar-refractivity contribution >= 4 is 35.3 Å². The zero-order valence-corrected chi connectivity index (χ0v) is 22.6. The first-order valence-corrected chi connectivity index (χ1v) is 12.7. The second-order valence-corrected chi connectivity index (χ2v) is 9.14. The Bertz CT molecular complexity index is 1260. The summed E-state index contributed by atoms with van der Waals surface area (Å²) in [7, 11) is 0. The maximum atomic E-state index is 12.4. The molecule has 0 radical (unpaired) electrons. The molecule has 6 N–H and O–H groups in total.